The molecule has 0 spiro atoms. The van der Waals surface area contributed by atoms with Gasteiger partial charge in [-0.1, -0.05) is 12.1 Å². The van der Waals surface area contributed by atoms with Gasteiger partial charge in [0.1, 0.15) is 0 Å². The lowest BCUT2D eigenvalue weighted by atomic mass is 10.1. The molecule has 0 aliphatic carbocycles. The largest absolute Gasteiger partial charge is 0.352 e. The van der Waals surface area contributed by atoms with Crippen molar-refractivity contribution in [3.63, 3.8) is 0 Å². The molecule has 9 nitrogen and oxygen atoms in total. The Balaban J connectivity index is 1.78. The molecule has 2 rings (SSSR count). The first kappa shape index (κ1) is 22.5. The maximum Gasteiger partial charge on any atom is 0.269 e. The highest BCUT2D eigenvalue weighted by molar-refractivity contribution is 5.96. The molecule has 0 atom stereocenters. The summed E-state index contributed by atoms with van der Waals surface area (Å²) in [5.74, 6) is -1.04. The minimum absolute atomic E-state index is 0.0198. The van der Waals surface area contributed by atoms with Gasteiger partial charge >= 0.3 is 0 Å². The smallest absolute Gasteiger partial charge is 0.269 e. The second-order valence-corrected chi connectivity index (χ2v) is 6.86. The number of carbonyl (C=O) groups excluding carboxylic acids is 3. The lowest BCUT2D eigenvalue weighted by molar-refractivity contribution is -0.384. The number of hydrogen-bond acceptors (Lipinski definition) is 5. The Bertz CT molecular complexity index is 956. The van der Waals surface area contributed by atoms with Crippen LogP contribution in [0.5, 0.6) is 0 Å². The molecule has 0 aliphatic heterocycles. The summed E-state index contributed by atoms with van der Waals surface area (Å²) in [7, 11) is 1.52. The number of nitrogens with zero attached hydrogens (tertiary/aromatic N) is 2. The number of nitro groups is 1. The van der Waals surface area contributed by atoms with Crippen LogP contribution >= 0.6 is 0 Å². The van der Waals surface area contributed by atoms with E-state index in [-0.39, 0.29) is 42.6 Å². The van der Waals surface area contributed by atoms with Crippen LogP contribution in [0.4, 0.5) is 11.4 Å². The number of nitrogens with one attached hydrogen (secondary N) is 2. The molecule has 0 saturated carbocycles. The van der Waals surface area contributed by atoms with Gasteiger partial charge in [0.25, 0.3) is 11.6 Å². The van der Waals surface area contributed by atoms with Crippen LogP contribution in [0, 0.1) is 24.0 Å². The van der Waals surface area contributed by atoms with Crippen LogP contribution in [0.2, 0.25) is 0 Å². The predicted molar refractivity (Wildman–Crippen MR) is 112 cm³/mol. The molecule has 0 radical (unpaired) electrons. The van der Waals surface area contributed by atoms with Gasteiger partial charge in [-0.15, -0.1) is 0 Å². The van der Waals surface area contributed by atoms with E-state index < -0.39 is 10.8 Å². The van der Waals surface area contributed by atoms with Crippen LogP contribution < -0.4 is 10.6 Å². The topological polar surface area (TPSA) is 122 Å². The van der Waals surface area contributed by atoms with E-state index in [0.29, 0.717) is 5.69 Å². The molecule has 3 amide bonds. The highest BCUT2D eigenvalue weighted by Crippen LogP contribution is 2.17. The second-order valence-electron chi connectivity index (χ2n) is 6.86. The van der Waals surface area contributed by atoms with Crippen LogP contribution in [-0.4, -0.2) is 47.7 Å². The highest BCUT2D eigenvalue weighted by Gasteiger charge is 2.15. The fraction of sp³-hybridized carbons (Fsp3) is 0.286. The molecule has 0 aromatic heterocycles. The molecule has 9 heteroatoms. The van der Waals surface area contributed by atoms with E-state index >= 15 is 0 Å². The molecule has 0 bridgehead atoms. The van der Waals surface area contributed by atoms with Crippen LogP contribution in [0.1, 0.15) is 27.9 Å². The number of non-ortho nitro benzene ring substituents is 1. The Hall–Kier alpha value is -3.75. The Morgan fingerprint density at radius 3 is 2.37 bits per heavy atom. The summed E-state index contributed by atoms with van der Waals surface area (Å²) in [6.45, 7) is 3.83. The normalized spacial score (nSPS) is 10.2. The molecule has 0 aliphatic rings. The van der Waals surface area contributed by atoms with Crippen molar-refractivity contribution in [3.05, 3.63) is 69.3 Å². The summed E-state index contributed by atoms with van der Waals surface area (Å²) >= 11 is 0. The summed E-state index contributed by atoms with van der Waals surface area (Å²) < 4.78 is 0. The maximum absolute atomic E-state index is 12.2. The molecule has 0 heterocycles. The van der Waals surface area contributed by atoms with Crippen molar-refractivity contribution in [1.29, 1.82) is 0 Å². The number of aryl methyl sites for hydroxylation is 1. The van der Waals surface area contributed by atoms with E-state index in [1.54, 1.807) is 6.07 Å². The van der Waals surface area contributed by atoms with Crippen molar-refractivity contribution in [2.24, 2.45) is 0 Å². The van der Waals surface area contributed by atoms with E-state index in [2.05, 4.69) is 10.6 Å². The zero-order chi connectivity index (χ0) is 22.3. The third-order valence-electron chi connectivity index (χ3n) is 4.65. The number of benzene rings is 2. The van der Waals surface area contributed by atoms with E-state index in [0.717, 1.165) is 11.1 Å². The molecule has 2 aromatic rings. The zero-order valence-corrected chi connectivity index (χ0v) is 17.1. The van der Waals surface area contributed by atoms with Gasteiger partial charge in [0, 0.05) is 43.4 Å². The highest BCUT2D eigenvalue weighted by atomic mass is 16.6. The van der Waals surface area contributed by atoms with Crippen LogP contribution in [-0.2, 0) is 9.59 Å². The Morgan fingerprint density at radius 1 is 1.07 bits per heavy atom. The number of amides is 3. The van der Waals surface area contributed by atoms with Gasteiger partial charge in [-0.2, -0.15) is 0 Å². The van der Waals surface area contributed by atoms with Gasteiger partial charge in [0.05, 0.1) is 11.5 Å². The number of likely N-dealkylation sites (N-methyl/N-ethyl adjacent to an activating group) is 1. The van der Waals surface area contributed by atoms with Crippen molar-refractivity contribution >= 4 is 29.1 Å². The molecule has 2 N–H and O–H groups in total. The van der Waals surface area contributed by atoms with Gasteiger partial charge in [-0.05, 0) is 43.2 Å². The first-order valence-electron chi connectivity index (χ1n) is 9.31. The molecule has 0 saturated heterocycles. The van der Waals surface area contributed by atoms with Crippen molar-refractivity contribution in [2.45, 2.75) is 20.3 Å². The van der Waals surface area contributed by atoms with Gasteiger partial charge in [0.15, 0.2) is 0 Å². The molecule has 30 heavy (non-hydrogen) atoms. The number of anilines is 1. The Labute approximate surface area is 174 Å². The zero-order valence-electron chi connectivity index (χ0n) is 17.1. The molecule has 2 aromatic carbocycles. The van der Waals surface area contributed by atoms with E-state index in [1.165, 1.54) is 36.2 Å². The first-order chi connectivity index (χ1) is 14.2. The monoisotopic (exact) mass is 412 g/mol. The van der Waals surface area contributed by atoms with Crippen molar-refractivity contribution < 1.29 is 19.3 Å². The fourth-order valence-corrected chi connectivity index (χ4v) is 2.69. The minimum atomic E-state index is -0.549. The number of nitro benzene ring substituents is 1. The van der Waals surface area contributed by atoms with E-state index in [9.17, 15) is 24.5 Å². The summed E-state index contributed by atoms with van der Waals surface area (Å²) in [4.78, 5) is 47.8. The third-order valence-corrected chi connectivity index (χ3v) is 4.65. The average Bonchev–Trinajstić information content (AvgIpc) is 2.71. The standard InChI is InChI=1S/C21H24N4O5/c1-14-5-4-6-18(15(14)2)23-19(26)13-24(3)20(27)11-12-22-21(28)16-7-9-17(10-8-16)25(29)30/h4-10H,11-13H2,1-3H3,(H,22,28)(H,23,26). The van der Waals surface area contributed by atoms with E-state index in [1.807, 2.05) is 26.0 Å². The number of hydrogen-bond donors (Lipinski definition) is 2. The molecule has 0 fully saturated rings. The Morgan fingerprint density at radius 2 is 1.73 bits per heavy atom. The van der Waals surface area contributed by atoms with E-state index in [4.69, 9.17) is 0 Å². The van der Waals surface area contributed by atoms with Crippen molar-refractivity contribution in [1.82, 2.24) is 10.2 Å². The van der Waals surface area contributed by atoms with Crippen LogP contribution in [0.25, 0.3) is 0 Å². The SMILES string of the molecule is Cc1cccc(NC(=O)CN(C)C(=O)CCNC(=O)c2ccc([N+](=O)[O-])cc2)c1C. The third kappa shape index (κ3) is 6.13. The number of carbonyl (C=O) groups is 3. The lowest BCUT2D eigenvalue weighted by Crippen LogP contribution is -2.37. The molecular formula is C21H24N4O5. The molecular weight excluding hydrogens is 388 g/mol. The quantitative estimate of drug-likeness (QED) is 0.509. The molecule has 158 valence electrons. The van der Waals surface area contributed by atoms with Crippen molar-refractivity contribution in [2.75, 3.05) is 25.5 Å². The summed E-state index contributed by atoms with van der Waals surface area (Å²) in [5.41, 5.74) is 2.88. The van der Waals surface area contributed by atoms with Gasteiger partial charge in [-0.25, -0.2) is 0 Å². The maximum atomic E-state index is 12.2. The first-order valence-corrected chi connectivity index (χ1v) is 9.31. The summed E-state index contributed by atoms with van der Waals surface area (Å²) in [6.07, 6.45) is 0.0198. The van der Waals surface area contributed by atoms with Crippen molar-refractivity contribution in [3.8, 4) is 0 Å². The second kappa shape index (κ2) is 10.1. The summed E-state index contributed by atoms with van der Waals surface area (Å²) in [5, 5.41) is 16.0. The average molecular weight is 412 g/mol. The summed E-state index contributed by atoms with van der Waals surface area (Å²) in [6, 6.07) is 10.8. The molecule has 0 unspecified atom stereocenters. The minimum Gasteiger partial charge on any atom is -0.352 e. The van der Waals surface area contributed by atoms with Gasteiger partial charge in [0.2, 0.25) is 11.8 Å². The fourth-order valence-electron chi connectivity index (χ4n) is 2.69. The lowest BCUT2D eigenvalue weighted by Gasteiger charge is -2.18. The van der Waals surface area contributed by atoms with Crippen LogP contribution in [0.3, 0.4) is 0 Å². The van der Waals surface area contributed by atoms with Crippen LogP contribution in [0.15, 0.2) is 42.5 Å². The van der Waals surface area contributed by atoms with Gasteiger partial charge < -0.3 is 15.5 Å². The van der Waals surface area contributed by atoms with Gasteiger partial charge in [-0.3, -0.25) is 24.5 Å². The Kier molecular flexibility index (Phi) is 7.62. The predicted octanol–water partition coefficient (Wildman–Crippen LogP) is 2.43. The number of rotatable bonds is 8.